The van der Waals surface area contributed by atoms with Crippen LogP contribution in [-0.2, 0) is 14.3 Å². The van der Waals surface area contributed by atoms with E-state index in [1.54, 1.807) is 43.9 Å². The van der Waals surface area contributed by atoms with Gasteiger partial charge in [-0.3, -0.25) is 9.59 Å². The van der Waals surface area contributed by atoms with E-state index in [0.29, 0.717) is 25.1 Å². The van der Waals surface area contributed by atoms with E-state index in [1.165, 1.54) is 12.5 Å². The van der Waals surface area contributed by atoms with E-state index < -0.39 is 23.8 Å². The van der Waals surface area contributed by atoms with Crippen LogP contribution in [0.2, 0.25) is 0 Å². The van der Waals surface area contributed by atoms with Gasteiger partial charge < -0.3 is 25.4 Å². The Labute approximate surface area is 242 Å². The van der Waals surface area contributed by atoms with Gasteiger partial charge in [0.1, 0.15) is 23.4 Å². The Kier molecular flexibility index (Phi) is 16.4. The molecule has 0 bridgehead atoms. The van der Waals surface area contributed by atoms with Crippen LogP contribution < -0.4 is 10.6 Å². The lowest BCUT2D eigenvalue weighted by molar-refractivity contribution is -0.143. The molecule has 0 aromatic heterocycles. The van der Waals surface area contributed by atoms with Crippen LogP contribution in [0.4, 0.5) is 4.79 Å². The van der Waals surface area contributed by atoms with Crippen LogP contribution in [-0.4, -0.2) is 52.6 Å². The number of hydrogen-bond acceptors (Lipinski definition) is 5. The van der Waals surface area contributed by atoms with Crippen LogP contribution in [0.3, 0.4) is 0 Å². The van der Waals surface area contributed by atoms with E-state index in [0.717, 1.165) is 51.4 Å². The first kappa shape index (κ1) is 35.3. The molecule has 3 amide bonds. The molecule has 1 aromatic carbocycles. The predicted molar refractivity (Wildman–Crippen MR) is 161 cm³/mol. The fourth-order valence-corrected chi connectivity index (χ4v) is 4.58. The molecule has 0 aliphatic carbocycles. The smallest absolute Gasteiger partial charge is 0.408 e. The van der Waals surface area contributed by atoms with Crippen molar-refractivity contribution in [2.45, 2.75) is 130 Å². The quantitative estimate of drug-likeness (QED) is 0.170. The van der Waals surface area contributed by atoms with E-state index in [1.807, 2.05) is 13.8 Å². The molecule has 3 atom stereocenters. The minimum absolute atomic E-state index is 0.0265. The lowest BCUT2D eigenvalue weighted by atomic mass is 9.95. The number of alkyl carbamates (subject to hydrolysis) is 1. The number of nitrogens with zero attached hydrogens (tertiary/aromatic N) is 1. The van der Waals surface area contributed by atoms with Crippen molar-refractivity contribution in [2.24, 2.45) is 5.92 Å². The zero-order valence-electron chi connectivity index (χ0n) is 26.1. The number of unbranched alkanes of at least 4 members (excludes halogenated alkanes) is 7. The Morgan fingerprint density at radius 2 is 1.57 bits per heavy atom. The number of nitrogens with one attached hydrogen (secondary N) is 2. The topological polar surface area (TPSA) is 108 Å². The van der Waals surface area contributed by atoms with Crippen LogP contribution in [0, 0.1) is 5.92 Å². The zero-order valence-corrected chi connectivity index (χ0v) is 26.1. The minimum atomic E-state index is -0.941. The van der Waals surface area contributed by atoms with Crippen LogP contribution in [0.5, 0.6) is 5.75 Å². The fourth-order valence-electron chi connectivity index (χ4n) is 4.58. The molecule has 0 radical (unpaired) electrons. The normalized spacial score (nSPS) is 13.7. The molecule has 3 N–H and O–H groups in total. The third kappa shape index (κ3) is 13.1. The van der Waals surface area contributed by atoms with E-state index in [9.17, 15) is 19.5 Å². The van der Waals surface area contributed by atoms with Gasteiger partial charge in [0, 0.05) is 13.1 Å². The van der Waals surface area contributed by atoms with E-state index in [4.69, 9.17) is 4.74 Å². The SMILES string of the molecule is CCCCCCCCN(C(=O)C(NC(=O)OC(C)(C)C)C(C)CC)C(C(=O)NCCCCC)c1cccc(O)c1. The molecule has 228 valence electrons. The van der Waals surface area contributed by atoms with Crippen LogP contribution in [0.1, 0.15) is 124 Å². The van der Waals surface area contributed by atoms with Crippen molar-refractivity contribution in [1.82, 2.24) is 15.5 Å². The standard InChI is InChI=1S/C32H55N3O5/c1-8-11-13-14-15-17-22-35(30(38)27(24(4)10-3)34-31(39)40-32(5,6)7)28(25-19-18-20-26(36)23-25)29(37)33-21-16-12-9-2/h18-20,23-24,27-28,36H,8-17,21-22H2,1-7H3,(H,33,37)(H,34,39). The lowest BCUT2D eigenvalue weighted by Crippen LogP contribution is -2.55. The number of aromatic hydroxyl groups is 1. The molecule has 0 aliphatic heterocycles. The number of phenolic OH excluding ortho intramolecular Hbond substituents is 1. The van der Waals surface area contributed by atoms with Crippen molar-refractivity contribution in [3.8, 4) is 5.75 Å². The number of phenols is 1. The number of carbonyl (C=O) groups is 3. The monoisotopic (exact) mass is 561 g/mol. The van der Waals surface area contributed by atoms with E-state index in [2.05, 4.69) is 24.5 Å². The van der Waals surface area contributed by atoms with Gasteiger partial charge in [0.2, 0.25) is 11.8 Å². The minimum Gasteiger partial charge on any atom is -0.508 e. The molecule has 0 fully saturated rings. The third-order valence-electron chi connectivity index (χ3n) is 7.01. The molecule has 1 aromatic rings. The molecule has 3 unspecified atom stereocenters. The van der Waals surface area contributed by atoms with Gasteiger partial charge in [-0.05, 0) is 57.2 Å². The number of amides is 3. The second kappa shape index (κ2) is 18.6. The molecule has 40 heavy (non-hydrogen) atoms. The van der Waals surface area contributed by atoms with Crippen molar-refractivity contribution in [2.75, 3.05) is 13.1 Å². The van der Waals surface area contributed by atoms with Crippen molar-refractivity contribution in [1.29, 1.82) is 0 Å². The average molecular weight is 562 g/mol. The lowest BCUT2D eigenvalue weighted by Gasteiger charge is -2.36. The third-order valence-corrected chi connectivity index (χ3v) is 7.01. The number of hydrogen-bond donors (Lipinski definition) is 3. The average Bonchev–Trinajstić information content (AvgIpc) is 2.89. The highest BCUT2D eigenvalue weighted by Crippen LogP contribution is 2.27. The summed E-state index contributed by atoms with van der Waals surface area (Å²) in [5.41, 5.74) is -0.180. The summed E-state index contributed by atoms with van der Waals surface area (Å²) in [5.74, 6) is -0.782. The molecular formula is C32H55N3O5. The number of ether oxygens (including phenoxy) is 1. The molecule has 1 rings (SSSR count). The Balaban J connectivity index is 3.42. The summed E-state index contributed by atoms with van der Waals surface area (Å²) in [5, 5.41) is 16.1. The van der Waals surface area contributed by atoms with Crippen LogP contribution >= 0.6 is 0 Å². The molecule has 0 saturated carbocycles. The second-order valence-electron chi connectivity index (χ2n) is 11.8. The van der Waals surface area contributed by atoms with Gasteiger partial charge in [-0.2, -0.15) is 0 Å². The number of carbonyl (C=O) groups excluding carboxylic acids is 3. The van der Waals surface area contributed by atoms with Crippen LogP contribution in [0.15, 0.2) is 24.3 Å². The predicted octanol–water partition coefficient (Wildman–Crippen LogP) is 6.87. The summed E-state index contributed by atoms with van der Waals surface area (Å²) in [6.07, 6.45) is 9.02. The summed E-state index contributed by atoms with van der Waals surface area (Å²) in [4.78, 5) is 42.4. The van der Waals surface area contributed by atoms with Gasteiger partial charge in [-0.25, -0.2) is 4.79 Å². The molecule has 0 saturated heterocycles. The highest BCUT2D eigenvalue weighted by atomic mass is 16.6. The first-order chi connectivity index (χ1) is 18.9. The molecular weight excluding hydrogens is 506 g/mol. The Morgan fingerprint density at radius 3 is 2.17 bits per heavy atom. The van der Waals surface area contributed by atoms with Crippen molar-refractivity contribution < 1.29 is 24.2 Å². The van der Waals surface area contributed by atoms with Crippen LogP contribution in [0.25, 0.3) is 0 Å². The Hall–Kier alpha value is -2.77. The molecule has 8 heteroatoms. The number of benzene rings is 1. The maximum atomic E-state index is 14.3. The number of rotatable bonds is 18. The summed E-state index contributed by atoms with van der Waals surface area (Å²) < 4.78 is 5.48. The highest BCUT2D eigenvalue weighted by molar-refractivity contribution is 5.92. The van der Waals surface area contributed by atoms with Gasteiger partial charge in [0.05, 0.1) is 0 Å². The van der Waals surface area contributed by atoms with Gasteiger partial charge in [0.25, 0.3) is 0 Å². The van der Waals surface area contributed by atoms with E-state index >= 15 is 0 Å². The van der Waals surface area contributed by atoms with Gasteiger partial charge in [-0.1, -0.05) is 91.2 Å². The molecule has 0 heterocycles. The van der Waals surface area contributed by atoms with Crippen molar-refractivity contribution >= 4 is 17.9 Å². The second-order valence-corrected chi connectivity index (χ2v) is 11.8. The van der Waals surface area contributed by atoms with Gasteiger partial charge in [0.15, 0.2) is 0 Å². The molecule has 8 nitrogen and oxygen atoms in total. The molecule has 0 spiro atoms. The van der Waals surface area contributed by atoms with Crippen molar-refractivity contribution in [3.63, 3.8) is 0 Å². The zero-order chi connectivity index (χ0) is 30.1. The van der Waals surface area contributed by atoms with E-state index in [-0.39, 0.29) is 23.5 Å². The first-order valence-electron chi connectivity index (χ1n) is 15.3. The molecule has 0 aliphatic rings. The Bertz CT molecular complexity index is 899. The summed E-state index contributed by atoms with van der Waals surface area (Å²) >= 11 is 0. The summed E-state index contributed by atoms with van der Waals surface area (Å²) in [6, 6.07) is 4.72. The maximum absolute atomic E-state index is 14.3. The summed E-state index contributed by atoms with van der Waals surface area (Å²) in [7, 11) is 0. The summed E-state index contributed by atoms with van der Waals surface area (Å²) in [6.45, 7) is 14.3. The van der Waals surface area contributed by atoms with Gasteiger partial charge >= 0.3 is 6.09 Å². The fraction of sp³-hybridized carbons (Fsp3) is 0.719. The maximum Gasteiger partial charge on any atom is 0.408 e. The first-order valence-corrected chi connectivity index (χ1v) is 15.3. The largest absolute Gasteiger partial charge is 0.508 e. The highest BCUT2D eigenvalue weighted by Gasteiger charge is 2.38. The van der Waals surface area contributed by atoms with Crippen molar-refractivity contribution in [3.05, 3.63) is 29.8 Å². The van der Waals surface area contributed by atoms with Gasteiger partial charge in [-0.15, -0.1) is 0 Å². The Morgan fingerprint density at radius 1 is 0.950 bits per heavy atom.